The molecule has 1 N–H and O–H groups in total. The van der Waals surface area contributed by atoms with E-state index in [-0.39, 0.29) is 0 Å². The van der Waals surface area contributed by atoms with Gasteiger partial charge in [0.05, 0.1) is 18.1 Å². The maximum absolute atomic E-state index is 12.8. The van der Waals surface area contributed by atoms with Crippen molar-refractivity contribution >= 4 is 21.6 Å². The second kappa shape index (κ2) is 7.07. The van der Waals surface area contributed by atoms with Crippen molar-refractivity contribution in [3.8, 4) is 0 Å². The molecule has 1 aliphatic heterocycles. The van der Waals surface area contributed by atoms with Gasteiger partial charge in [0.1, 0.15) is 0 Å². The SMILES string of the molecule is CCNCc1cc(Cl)cc(S(=O)(=O)N2CCOCC2)c1C. The fourth-order valence-corrected chi connectivity index (χ4v) is 4.35. The van der Waals surface area contributed by atoms with Crippen molar-refractivity contribution in [1.82, 2.24) is 9.62 Å². The summed E-state index contributed by atoms with van der Waals surface area (Å²) in [7, 11) is -3.52. The summed E-state index contributed by atoms with van der Waals surface area (Å²) in [5.41, 5.74) is 1.67. The van der Waals surface area contributed by atoms with Crippen LogP contribution in [-0.2, 0) is 21.3 Å². The van der Waals surface area contributed by atoms with Crippen molar-refractivity contribution in [2.45, 2.75) is 25.3 Å². The van der Waals surface area contributed by atoms with E-state index in [1.165, 1.54) is 10.4 Å². The Morgan fingerprint density at radius 3 is 2.62 bits per heavy atom. The lowest BCUT2D eigenvalue weighted by molar-refractivity contribution is 0.0730. The number of hydrogen-bond donors (Lipinski definition) is 1. The highest BCUT2D eigenvalue weighted by Gasteiger charge is 2.28. The average molecular weight is 333 g/mol. The van der Waals surface area contributed by atoms with Crippen LogP contribution in [0.4, 0.5) is 0 Å². The molecule has 0 bridgehead atoms. The van der Waals surface area contributed by atoms with Gasteiger partial charge in [-0.05, 0) is 36.7 Å². The second-order valence-electron chi connectivity index (χ2n) is 4.98. The Morgan fingerprint density at radius 2 is 2.00 bits per heavy atom. The maximum atomic E-state index is 12.8. The second-order valence-corrected chi connectivity index (χ2v) is 7.33. The summed E-state index contributed by atoms with van der Waals surface area (Å²) in [5.74, 6) is 0. The predicted molar refractivity (Wildman–Crippen MR) is 83.1 cm³/mol. The van der Waals surface area contributed by atoms with Gasteiger partial charge in [0, 0.05) is 24.7 Å². The van der Waals surface area contributed by atoms with Crippen molar-refractivity contribution in [2.24, 2.45) is 0 Å². The summed E-state index contributed by atoms with van der Waals surface area (Å²) >= 11 is 6.11. The van der Waals surface area contributed by atoms with Crippen molar-refractivity contribution in [1.29, 1.82) is 0 Å². The first-order chi connectivity index (χ1) is 9.96. The first-order valence-corrected chi connectivity index (χ1v) is 8.86. The van der Waals surface area contributed by atoms with Gasteiger partial charge in [0.25, 0.3) is 0 Å². The Bertz CT molecular complexity index is 598. The van der Waals surface area contributed by atoms with Crippen LogP contribution in [0.15, 0.2) is 17.0 Å². The quantitative estimate of drug-likeness (QED) is 0.893. The molecule has 0 saturated carbocycles. The van der Waals surface area contributed by atoms with E-state index in [9.17, 15) is 8.42 Å². The molecule has 0 atom stereocenters. The van der Waals surface area contributed by atoms with Crippen LogP contribution in [0.3, 0.4) is 0 Å². The molecule has 0 spiro atoms. The normalized spacial score (nSPS) is 17.1. The lowest BCUT2D eigenvalue weighted by Crippen LogP contribution is -2.40. The molecule has 21 heavy (non-hydrogen) atoms. The standard InChI is InChI=1S/C14H21ClN2O3S/c1-3-16-10-12-8-13(15)9-14(11(12)2)21(18,19)17-4-6-20-7-5-17/h8-9,16H,3-7,10H2,1-2H3. The molecular formula is C14H21ClN2O3S. The lowest BCUT2D eigenvalue weighted by Gasteiger charge is -2.27. The number of ether oxygens (including phenoxy) is 1. The maximum Gasteiger partial charge on any atom is 0.243 e. The number of benzene rings is 1. The minimum Gasteiger partial charge on any atom is -0.379 e. The van der Waals surface area contributed by atoms with Gasteiger partial charge in [0.2, 0.25) is 10.0 Å². The van der Waals surface area contributed by atoms with Crippen LogP contribution in [0.2, 0.25) is 5.02 Å². The number of sulfonamides is 1. The minimum absolute atomic E-state index is 0.296. The number of nitrogens with zero attached hydrogens (tertiary/aromatic N) is 1. The Balaban J connectivity index is 2.39. The lowest BCUT2D eigenvalue weighted by atomic mass is 10.1. The van der Waals surface area contributed by atoms with E-state index in [0.29, 0.717) is 42.8 Å². The number of nitrogens with one attached hydrogen (secondary N) is 1. The van der Waals surface area contributed by atoms with Crippen LogP contribution in [0.1, 0.15) is 18.1 Å². The summed E-state index contributed by atoms with van der Waals surface area (Å²) in [5, 5.41) is 3.65. The molecule has 1 aromatic carbocycles. The zero-order valence-electron chi connectivity index (χ0n) is 12.4. The molecule has 1 aliphatic rings. The fraction of sp³-hybridized carbons (Fsp3) is 0.571. The summed E-state index contributed by atoms with van der Waals surface area (Å²) < 4.78 is 32.2. The van der Waals surface area contributed by atoms with Gasteiger partial charge in [0.15, 0.2) is 0 Å². The monoisotopic (exact) mass is 332 g/mol. The third kappa shape index (κ3) is 3.76. The van der Waals surface area contributed by atoms with Gasteiger partial charge in [-0.1, -0.05) is 18.5 Å². The van der Waals surface area contributed by atoms with Gasteiger partial charge in [-0.3, -0.25) is 0 Å². The van der Waals surface area contributed by atoms with Crippen LogP contribution in [0.5, 0.6) is 0 Å². The predicted octanol–water partition coefficient (Wildman–Crippen LogP) is 1.78. The molecule has 1 fully saturated rings. The molecule has 1 saturated heterocycles. The van der Waals surface area contributed by atoms with Crippen LogP contribution < -0.4 is 5.32 Å². The third-order valence-electron chi connectivity index (χ3n) is 3.59. The molecule has 0 aliphatic carbocycles. The van der Waals surface area contributed by atoms with E-state index in [1.54, 1.807) is 0 Å². The van der Waals surface area contributed by atoms with Gasteiger partial charge in [-0.15, -0.1) is 0 Å². The molecule has 0 unspecified atom stereocenters. The Hall–Kier alpha value is -0.660. The van der Waals surface area contributed by atoms with E-state index in [2.05, 4.69) is 5.32 Å². The third-order valence-corrected chi connectivity index (χ3v) is 5.83. The van der Waals surface area contributed by atoms with E-state index >= 15 is 0 Å². The first-order valence-electron chi connectivity index (χ1n) is 7.04. The van der Waals surface area contributed by atoms with Gasteiger partial charge < -0.3 is 10.1 Å². The number of hydrogen-bond acceptors (Lipinski definition) is 4. The van der Waals surface area contributed by atoms with E-state index in [4.69, 9.17) is 16.3 Å². The van der Waals surface area contributed by atoms with Crippen LogP contribution in [-0.4, -0.2) is 45.6 Å². The first kappa shape index (κ1) is 16.7. The summed E-state index contributed by atoms with van der Waals surface area (Å²) in [6.07, 6.45) is 0. The van der Waals surface area contributed by atoms with E-state index < -0.39 is 10.0 Å². The van der Waals surface area contributed by atoms with Crippen LogP contribution >= 0.6 is 11.6 Å². The largest absolute Gasteiger partial charge is 0.379 e. The highest BCUT2D eigenvalue weighted by atomic mass is 35.5. The van der Waals surface area contributed by atoms with Crippen LogP contribution in [0.25, 0.3) is 0 Å². The zero-order chi connectivity index (χ0) is 15.5. The summed E-state index contributed by atoms with van der Waals surface area (Å²) in [6.45, 7) is 6.90. The highest BCUT2D eigenvalue weighted by Crippen LogP contribution is 2.27. The highest BCUT2D eigenvalue weighted by molar-refractivity contribution is 7.89. The van der Waals surface area contributed by atoms with Crippen molar-refractivity contribution in [3.05, 3.63) is 28.3 Å². The Labute approximate surface area is 131 Å². The van der Waals surface area contributed by atoms with E-state index in [1.807, 2.05) is 19.9 Å². The van der Waals surface area contributed by atoms with Crippen molar-refractivity contribution < 1.29 is 13.2 Å². The Morgan fingerprint density at radius 1 is 1.33 bits per heavy atom. The molecule has 0 aromatic heterocycles. The molecule has 0 amide bonds. The summed E-state index contributed by atoms with van der Waals surface area (Å²) in [6, 6.07) is 3.36. The number of rotatable bonds is 5. The number of halogens is 1. The fourth-order valence-electron chi connectivity index (χ4n) is 2.35. The van der Waals surface area contributed by atoms with Gasteiger partial charge in [-0.25, -0.2) is 8.42 Å². The van der Waals surface area contributed by atoms with Crippen molar-refractivity contribution in [3.63, 3.8) is 0 Å². The molecule has 0 radical (unpaired) electrons. The van der Waals surface area contributed by atoms with Crippen LogP contribution in [0, 0.1) is 6.92 Å². The molecule has 1 heterocycles. The van der Waals surface area contributed by atoms with Gasteiger partial charge >= 0.3 is 0 Å². The summed E-state index contributed by atoms with van der Waals surface area (Å²) in [4.78, 5) is 0.296. The molecule has 2 rings (SSSR count). The topological polar surface area (TPSA) is 58.6 Å². The van der Waals surface area contributed by atoms with Crippen molar-refractivity contribution in [2.75, 3.05) is 32.8 Å². The molecular weight excluding hydrogens is 312 g/mol. The molecule has 1 aromatic rings. The number of morpholine rings is 1. The smallest absolute Gasteiger partial charge is 0.243 e. The Kier molecular flexibility index (Phi) is 5.62. The molecule has 7 heteroatoms. The molecule has 118 valence electrons. The molecule has 5 nitrogen and oxygen atoms in total. The minimum atomic E-state index is -3.52. The van der Waals surface area contributed by atoms with Gasteiger partial charge in [-0.2, -0.15) is 4.31 Å². The zero-order valence-corrected chi connectivity index (χ0v) is 13.9. The average Bonchev–Trinajstić information content (AvgIpc) is 2.48. The van der Waals surface area contributed by atoms with E-state index in [0.717, 1.165) is 17.7 Å².